The molecular weight excluding hydrogens is 330 g/mol. The highest BCUT2D eigenvalue weighted by Crippen LogP contribution is 2.27. The van der Waals surface area contributed by atoms with Crippen LogP contribution in [0.2, 0.25) is 0 Å². The second kappa shape index (κ2) is 5.53. The molecule has 0 aliphatic heterocycles. The molecule has 0 aliphatic rings. The molecule has 2 aromatic heterocycles. The Bertz CT molecular complexity index is 721. The highest BCUT2D eigenvalue weighted by molar-refractivity contribution is 9.10. The maximum atomic E-state index is 11.6. The Morgan fingerprint density at radius 2 is 2.15 bits per heavy atom. The number of H-pyrrole nitrogens is 1. The van der Waals surface area contributed by atoms with Gasteiger partial charge in [-0.15, -0.1) is 0 Å². The maximum absolute atomic E-state index is 11.6. The van der Waals surface area contributed by atoms with E-state index >= 15 is 0 Å². The lowest BCUT2D eigenvalue weighted by Gasteiger charge is -2.05. The van der Waals surface area contributed by atoms with Crippen LogP contribution in [0.15, 0.2) is 15.6 Å². The van der Waals surface area contributed by atoms with Crippen molar-refractivity contribution in [2.24, 2.45) is 0 Å². The third-order valence-electron chi connectivity index (χ3n) is 2.85. The van der Waals surface area contributed by atoms with Crippen LogP contribution in [-0.2, 0) is 12.8 Å². The van der Waals surface area contributed by atoms with Crippen LogP contribution in [0.3, 0.4) is 0 Å². The van der Waals surface area contributed by atoms with Gasteiger partial charge in [0.05, 0.1) is 11.3 Å². The number of hydrogen-bond acceptors (Lipinski definition) is 5. The monoisotopic (exact) mass is 341 g/mol. The smallest absolute Gasteiger partial charge is 0.312 e. The standard InChI is InChI=1S/C11H12BrN5O3/c1-3-6-9(17(19)20)7(4-2)16(15-6)10-8(12)11(18)14-5-13-10/h5H,3-4H2,1-2H3,(H,13,14,18). The van der Waals surface area contributed by atoms with Crippen molar-refractivity contribution in [1.82, 2.24) is 19.7 Å². The molecule has 0 fully saturated rings. The molecule has 1 N–H and O–H groups in total. The summed E-state index contributed by atoms with van der Waals surface area (Å²) in [6.45, 7) is 3.58. The summed E-state index contributed by atoms with van der Waals surface area (Å²) in [5, 5.41) is 15.4. The van der Waals surface area contributed by atoms with Crippen LogP contribution in [0.4, 0.5) is 5.69 Å². The van der Waals surface area contributed by atoms with Crippen LogP contribution in [0, 0.1) is 10.1 Å². The van der Waals surface area contributed by atoms with Gasteiger partial charge in [0, 0.05) is 0 Å². The Hall–Kier alpha value is -2.03. The van der Waals surface area contributed by atoms with Crippen LogP contribution < -0.4 is 5.56 Å². The van der Waals surface area contributed by atoms with Crippen LogP contribution in [0.5, 0.6) is 0 Å². The first-order valence-electron chi connectivity index (χ1n) is 5.99. The number of rotatable bonds is 4. The molecule has 0 atom stereocenters. The van der Waals surface area contributed by atoms with E-state index in [1.54, 1.807) is 13.8 Å². The first-order chi connectivity index (χ1) is 9.51. The molecule has 0 saturated carbocycles. The second-order valence-corrected chi connectivity index (χ2v) is 4.78. The number of aromatic nitrogens is 4. The minimum atomic E-state index is -0.442. The molecule has 2 heterocycles. The van der Waals surface area contributed by atoms with E-state index in [0.29, 0.717) is 24.2 Å². The zero-order valence-corrected chi connectivity index (χ0v) is 12.5. The van der Waals surface area contributed by atoms with Crippen molar-refractivity contribution in [3.63, 3.8) is 0 Å². The second-order valence-electron chi connectivity index (χ2n) is 3.99. The highest BCUT2D eigenvalue weighted by Gasteiger charge is 2.27. The quantitative estimate of drug-likeness (QED) is 0.673. The molecule has 0 radical (unpaired) electrons. The molecular formula is C11H12BrN5O3. The van der Waals surface area contributed by atoms with Gasteiger partial charge in [-0.25, -0.2) is 9.67 Å². The predicted octanol–water partition coefficient (Wildman–Crippen LogP) is 1.75. The first kappa shape index (κ1) is 14.4. The van der Waals surface area contributed by atoms with E-state index in [0.717, 1.165) is 0 Å². The van der Waals surface area contributed by atoms with Gasteiger partial charge in [-0.2, -0.15) is 5.10 Å². The Labute approximate surface area is 122 Å². The third-order valence-corrected chi connectivity index (χ3v) is 3.57. The Morgan fingerprint density at radius 3 is 2.70 bits per heavy atom. The SMILES string of the molecule is CCc1nn(-c2nc[nH]c(=O)c2Br)c(CC)c1[N+](=O)[O-]. The number of hydrogen-bond donors (Lipinski definition) is 1. The zero-order chi connectivity index (χ0) is 14.9. The lowest BCUT2D eigenvalue weighted by Crippen LogP contribution is -2.14. The fraction of sp³-hybridized carbons (Fsp3) is 0.364. The molecule has 20 heavy (non-hydrogen) atoms. The van der Waals surface area contributed by atoms with Gasteiger partial charge in [-0.1, -0.05) is 13.8 Å². The number of nitrogens with zero attached hydrogens (tertiary/aromatic N) is 4. The summed E-state index contributed by atoms with van der Waals surface area (Å²) >= 11 is 3.14. The molecule has 0 amide bonds. The number of nitro groups is 1. The summed E-state index contributed by atoms with van der Waals surface area (Å²) in [5.74, 6) is 0.244. The van der Waals surface area contributed by atoms with Gasteiger partial charge in [0.25, 0.3) is 5.56 Å². The van der Waals surface area contributed by atoms with E-state index in [4.69, 9.17) is 0 Å². The topological polar surface area (TPSA) is 107 Å². The van der Waals surface area contributed by atoms with Crippen molar-refractivity contribution in [2.45, 2.75) is 26.7 Å². The minimum Gasteiger partial charge on any atom is -0.312 e. The van der Waals surface area contributed by atoms with E-state index in [2.05, 4.69) is 31.0 Å². The molecule has 0 unspecified atom stereocenters. The van der Waals surface area contributed by atoms with Gasteiger partial charge in [-0.3, -0.25) is 14.9 Å². The van der Waals surface area contributed by atoms with Gasteiger partial charge in [-0.05, 0) is 28.8 Å². The molecule has 0 bridgehead atoms. The summed E-state index contributed by atoms with van der Waals surface area (Å²) in [5.41, 5.74) is 0.420. The van der Waals surface area contributed by atoms with Crippen LogP contribution in [0.25, 0.3) is 5.82 Å². The van der Waals surface area contributed by atoms with Crippen molar-refractivity contribution in [3.8, 4) is 5.82 Å². The third kappa shape index (κ3) is 2.24. The fourth-order valence-electron chi connectivity index (χ4n) is 1.96. The molecule has 2 aromatic rings. The molecule has 0 aliphatic carbocycles. The number of nitrogens with one attached hydrogen (secondary N) is 1. The normalized spacial score (nSPS) is 10.8. The Balaban J connectivity index is 2.78. The fourth-order valence-corrected chi connectivity index (χ4v) is 2.34. The van der Waals surface area contributed by atoms with Crippen LogP contribution >= 0.6 is 15.9 Å². The minimum absolute atomic E-state index is 0.0102. The molecule has 0 aromatic carbocycles. The number of aromatic amines is 1. The van der Waals surface area contributed by atoms with E-state index in [-0.39, 0.29) is 21.5 Å². The van der Waals surface area contributed by atoms with Crippen molar-refractivity contribution >= 4 is 21.6 Å². The van der Waals surface area contributed by atoms with Gasteiger partial charge in [0.15, 0.2) is 5.82 Å². The van der Waals surface area contributed by atoms with Crippen molar-refractivity contribution in [2.75, 3.05) is 0 Å². The average molecular weight is 342 g/mol. The van der Waals surface area contributed by atoms with Gasteiger partial charge in [0.2, 0.25) is 0 Å². The zero-order valence-electron chi connectivity index (χ0n) is 10.9. The summed E-state index contributed by atoms with van der Waals surface area (Å²) in [6.07, 6.45) is 2.07. The van der Waals surface area contributed by atoms with Crippen LogP contribution in [0.1, 0.15) is 25.2 Å². The number of aryl methyl sites for hydroxylation is 1. The van der Waals surface area contributed by atoms with Crippen molar-refractivity contribution in [3.05, 3.63) is 42.7 Å². The largest absolute Gasteiger partial charge is 0.313 e. The van der Waals surface area contributed by atoms with E-state index < -0.39 is 4.92 Å². The number of halogens is 1. The van der Waals surface area contributed by atoms with E-state index in [9.17, 15) is 14.9 Å². The van der Waals surface area contributed by atoms with Gasteiger partial charge in [0.1, 0.15) is 15.9 Å². The first-order valence-corrected chi connectivity index (χ1v) is 6.79. The summed E-state index contributed by atoms with van der Waals surface area (Å²) in [6, 6.07) is 0. The molecule has 2 rings (SSSR count). The predicted molar refractivity (Wildman–Crippen MR) is 75.1 cm³/mol. The van der Waals surface area contributed by atoms with Gasteiger partial charge < -0.3 is 4.98 Å². The van der Waals surface area contributed by atoms with Crippen molar-refractivity contribution < 1.29 is 4.92 Å². The summed E-state index contributed by atoms with van der Waals surface area (Å²) < 4.78 is 1.55. The molecule has 8 nitrogen and oxygen atoms in total. The molecule has 9 heteroatoms. The average Bonchev–Trinajstić information content (AvgIpc) is 2.80. The summed E-state index contributed by atoms with van der Waals surface area (Å²) in [4.78, 5) is 28.8. The van der Waals surface area contributed by atoms with Crippen LogP contribution in [-0.4, -0.2) is 24.7 Å². The Kier molecular flexibility index (Phi) is 3.98. The van der Waals surface area contributed by atoms with Crippen molar-refractivity contribution in [1.29, 1.82) is 0 Å². The lowest BCUT2D eigenvalue weighted by molar-refractivity contribution is -0.386. The highest BCUT2D eigenvalue weighted by atomic mass is 79.9. The van der Waals surface area contributed by atoms with E-state index in [1.165, 1.54) is 11.0 Å². The maximum Gasteiger partial charge on any atom is 0.313 e. The molecule has 0 saturated heterocycles. The molecule has 0 spiro atoms. The van der Waals surface area contributed by atoms with Gasteiger partial charge >= 0.3 is 5.69 Å². The Morgan fingerprint density at radius 1 is 1.45 bits per heavy atom. The summed E-state index contributed by atoms with van der Waals surface area (Å²) in [7, 11) is 0. The molecule has 106 valence electrons. The lowest BCUT2D eigenvalue weighted by atomic mass is 10.2. The van der Waals surface area contributed by atoms with E-state index in [1.807, 2.05) is 0 Å².